The number of aromatic nitrogens is 2. The average molecular weight is 456 g/mol. The fourth-order valence-corrected chi connectivity index (χ4v) is 3.61. The van der Waals surface area contributed by atoms with Gasteiger partial charge in [0.15, 0.2) is 0 Å². The van der Waals surface area contributed by atoms with Crippen LogP contribution < -0.4 is 5.32 Å². The zero-order chi connectivity index (χ0) is 23.9. The van der Waals surface area contributed by atoms with Crippen molar-refractivity contribution in [2.45, 2.75) is 19.4 Å². The largest absolute Gasteiger partial charge is 0.481 e. The third kappa shape index (κ3) is 5.69. The number of aryl methyl sites for hydroxylation is 2. The van der Waals surface area contributed by atoms with Gasteiger partial charge in [0.25, 0.3) is 0 Å². The van der Waals surface area contributed by atoms with Crippen LogP contribution in [0.25, 0.3) is 22.3 Å². The Hall–Kier alpha value is -4.39. The van der Waals surface area contributed by atoms with Crippen molar-refractivity contribution in [2.75, 3.05) is 5.32 Å². The number of carboxylic acid groups (broad SMARTS) is 1. The second-order valence-electron chi connectivity index (χ2n) is 7.89. The molecule has 4 rings (SSSR count). The summed E-state index contributed by atoms with van der Waals surface area (Å²) in [5, 5.41) is 15.9. The summed E-state index contributed by atoms with van der Waals surface area (Å²) in [5.41, 5.74) is 5.68. The lowest BCUT2D eigenvalue weighted by atomic mass is 9.99. The van der Waals surface area contributed by atoms with Crippen LogP contribution in [0.1, 0.15) is 17.5 Å². The molecule has 4 aromatic rings. The van der Waals surface area contributed by atoms with Gasteiger partial charge in [-0.2, -0.15) is 5.10 Å². The molecule has 3 aromatic carbocycles. The number of anilines is 1. The topological polar surface area (TPSA) is 93.5 Å². The molecular formula is C27H25N3O4. The van der Waals surface area contributed by atoms with E-state index in [9.17, 15) is 9.59 Å². The van der Waals surface area contributed by atoms with Crippen molar-refractivity contribution in [3.05, 3.63) is 96.2 Å². The quantitative estimate of drug-likeness (QED) is 0.365. The van der Waals surface area contributed by atoms with Crippen molar-refractivity contribution < 1.29 is 19.4 Å². The second-order valence-corrected chi connectivity index (χ2v) is 7.89. The molecular weight excluding hydrogens is 430 g/mol. The molecule has 2 N–H and O–H groups in total. The van der Waals surface area contributed by atoms with Crippen LogP contribution in [0.4, 0.5) is 10.6 Å². The van der Waals surface area contributed by atoms with E-state index >= 15 is 0 Å². The third-order valence-corrected chi connectivity index (χ3v) is 5.48. The number of carbonyl (C=O) groups is 2. The summed E-state index contributed by atoms with van der Waals surface area (Å²) in [6, 6.07) is 25.4. The van der Waals surface area contributed by atoms with E-state index in [1.165, 1.54) is 0 Å². The van der Waals surface area contributed by atoms with E-state index in [2.05, 4.69) is 10.4 Å². The van der Waals surface area contributed by atoms with Crippen LogP contribution >= 0.6 is 0 Å². The molecule has 0 aliphatic rings. The van der Waals surface area contributed by atoms with Crippen molar-refractivity contribution in [1.82, 2.24) is 9.78 Å². The molecule has 34 heavy (non-hydrogen) atoms. The van der Waals surface area contributed by atoms with Crippen LogP contribution in [-0.2, 0) is 29.6 Å². The lowest BCUT2D eigenvalue weighted by molar-refractivity contribution is -0.136. The molecule has 0 radical (unpaired) electrons. The highest BCUT2D eigenvalue weighted by atomic mass is 16.5. The number of amides is 1. The predicted molar refractivity (Wildman–Crippen MR) is 130 cm³/mol. The van der Waals surface area contributed by atoms with E-state index in [1.54, 1.807) is 17.9 Å². The van der Waals surface area contributed by atoms with Crippen molar-refractivity contribution in [3.63, 3.8) is 0 Å². The smallest absolute Gasteiger partial charge is 0.413 e. The van der Waals surface area contributed by atoms with Crippen LogP contribution in [0.15, 0.2) is 85.1 Å². The first-order valence-corrected chi connectivity index (χ1v) is 10.9. The molecule has 1 aromatic heterocycles. The van der Waals surface area contributed by atoms with Crippen LogP contribution in [0.3, 0.4) is 0 Å². The van der Waals surface area contributed by atoms with Gasteiger partial charge in [0.1, 0.15) is 12.4 Å². The van der Waals surface area contributed by atoms with Crippen molar-refractivity contribution in [3.8, 4) is 22.3 Å². The minimum absolute atomic E-state index is 0.120. The highest BCUT2D eigenvalue weighted by Gasteiger charge is 2.15. The van der Waals surface area contributed by atoms with Gasteiger partial charge in [-0.3, -0.25) is 14.8 Å². The van der Waals surface area contributed by atoms with Gasteiger partial charge in [0.05, 0.1) is 6.20 Å². The highest BCUT2D eigenvalue weighted by molar-refractivity contribution is 5.90. The average Bonchev–Trinajstić information content (AvgIpc) is 3.22. The molecule has 0 saturated heterocycles. The van der Waals surface area contributed by atoms with Crippen LogP contribution in [0.5, 0.6) is 0 Å². The number of carboxylic acids is 1. The number of aliphatic carboxylic acids is 1. The van der Waals surface area contributed by atoms with Gasteiger partial charge in [0.2, 0.25) is 0 Å². The molecule has 0 fully saturated rings. The van der Waals surface area contributed by atoms with Gasteiger partial charge in [-0.05, 0) is 34.2 Å². The molecule has 1 amide bonds. The number of carbonyl (C=O) groups excluding carboxylic acids is 1. The van der Waals surface area contributed by atoms with Crippen molar-refractivity contribution in [2.24, 2.45) is 7.05 Å². The maximum Gasteiger partial charge on any atom is 0.413 e. The summed E-state index contributed by atoms with van der Waals surface area (Å²) in [6.45, 7) is 0.184. The van der Waals surface area contributed by atoms with Gasteiger partial charge in [-0.1, -0.05) is 78.9 Å². The van der Waals surface area contributed by atoms with Gasteiger partial charge >= 0.3 is 12.1 Å². The Morgan fingerprint density at radius 2 is 1.50 bits per heavy atom. The zero-order valence-corrected chi connectivity index (χ0v) is 18.8. The molecule has 172 valence electrons. The Balaban J connectivity index is 1.44. The number of benzene rings is 3. The molecule has 0 unspecified atom stereocenters. The molecule has 0 saturated carbocycles. The standard InChI is InChI=1S/C27H25N3O4/c1-30-26(29-27(33)34-18-20-5-3-2-4-6-20)24(17-28-30)23-14-12-22(13-15-23)21-10-7-19(8-11-21)9-16-25(31)32/h2-8,10-15,17H,9,16,18H2,1H3,(H,29,33)(H,31,32). The fraction of sp³-hybridized carbons (Fsp3) is 0.148. The zero-order valence-electron chi connectivity index (χ0n) is 18.8. The number of nitrogens with zero attached hydrogens (tertiary/aromatic N) is 2. The Morgan fingerprint density at radius 1 is 0.882 bits per heavy atom. The van der Waals surface area contributed by atoms with Crippen molar-refractivity contribution >= 4 is 17.9 Å². The van der Waals surface area contributed by atoms with Gasteiger partial charge in [-0.25, -0.2) is 4.79 Å². The lowest BCUT2D eigenvalue weighted by Crippen LogP contribution is -2.16. The Morgan fingerprint density at radius 3 is 2.15 bits per heavy atom. The summed E-state index contributed by atoms with van der Waals surface area (Å²) in [7, 11) is 1.76. The number of hydrogen-bond donors (Lipinski definition) is 2. The van der Waals surface area contributed by atoms with Gasteiger partial charge in [0, 0.05) is 19.0 Å². The molecule has 0 aliphatic heterocycles. The maximum atomic E-state index is 12.4. The van der Waals surface area contributed by atoms with E-state index in [4.69, 9.17) is 9.84 Å². The molecule has 7 nitrogen and oxygen atoms in total. The highest BCUT2D eigenvalue weighted by Crippen LogP contribution is 2.30. The van der Waals surface area contributed by atoms with E-state index in [1.807, 2.05) is 78.9 Å². The first-order valence-electron chi connectivity index (χ1n) is 10.9. The molecule has 0 aliphatic carbocycles. The summed E-state index contributed by atoms with van der Waals surface area (Å²) in [4.78, 5) is 23.1. The summed E-state index contributed by atoms with van der Waals surface area (Å²) in [6.07, 6.45) is 1.79. The molecule has 1 heterocycles. The molecule has 0 spiro atoms. The summed E-state index contributed by atoms with van der Waals surface area (Å²) >= 11 is 0. The molecule has 0 atom stereocenters. The Bertz CT molecular complexity index is 1260. The minimum Gasteiger partial charge on any atom is -0.481 e. The van der Waals surface area contributed by atoms with Crippen LogP contribution in [0, 0.1) is 0 Å². The monoisotopic (exact) mass is 455 g/mol. The number of nitrogens with one attached hydrogen (secondary N) is 1. The number of ether oxygens (including phenoxy) is 1. The van der Waals surface area contributed by atoms with E-state index < -0.39 is 12.1 Å². The lowest BCUT2D eigenvalue weighted by Gasteiger charge is -2.10. The number of hydrogen-bond acceptors (Lipinski definition) is 4. The summed E-state index contributed by atoms with van der Waals surface area (Å²) in [5.74, 6) is -0.248. The SMILES string of the molecule is Cn1ncc(-c2ccc(-c3ccc(CCC(=O)O)cc3)cc2)c1NC(=O)OCc1ccccc1. The number of rotatable bonds is 8. The third-order valence-electron chi connectivity index (χ3n) is 5.48. The minimum atomic E-state index is -0.798. The predicted octanol–water partition coefficient (Wildman–Crippen LogP) is 5.52. The van der Waals surface area contributed by atoms with Crippen LogP contribution in [-0.4, -0.2) is 26.9 Å². The Kier molecular flexibility index (Phi) is 7.03. The first-order chi connectivity index (χ1) is 16.5. The van der Waals surface area contributed by atoms with E-state index in [0.717, 1.165) is 33.4 Å². The van der Waals surface area contributed by atoms with E-state index in [-0.39, 0.29) is 13.0 Å². The first kappa shape index (κ1) is 22.8. The second kappa shape index (κ2) is 10.5. The fourth-order valence-electron chi connectivity index (χ4n) is 3.61. The Labute approximate surface area is 197 Å². The van der Waals surface area contributed by atoms with Gasteiger partial charge in [-0.15, -0.1) is 0 Å². The normalized spacial score (nSPS) is 10.6. The summed E-state index contributed by atoms with van der Waals surface area (Å²) < 4.78 is 6.94. The van der Waals surface area contributed by atoms with E-state index in [0.29, 0.717) is 12.2 Å². The van der Waals surface area contributed by atoms with Crippen molar-refractivity contribution in [1.29, 1.82) is 0 Å². The molecule has 7 heteroatoms. The van der Waals surface area contributed by atoms with Gasteiger partial charge < -0.3 is 9.84 Å². The maximum absolute atomic E-state index is 12.4. The molecule has 0 bridgehead atoms. The van der Waals surface area contributed by atoms with Crippen LogP contribution in [0.2, 0.25) is 0 Å².